The van der Waals surface area contributed by atoms with E-state index in [2.05, 4.69) is 5.32 Å². The Bertz CT molecular complexity index is 543. The predicted octanol–water partition coefficient (Wildman–Crippen LogP) is 3.27. The molecule has 1 atom stereocenters. The molecular weight excluding hydrogens is 272 g/mol. The lowest BCUT2D eigenvalue weighted by molar-refractivity contribution is 0.231. The minimum atomic E-state index is -0.582. The maximum absolute atomic E-state index is 14.1. The van der Waals surface area contributed by atoms with E-state index in [0.29, 0.717) is 17.7 Å². The maximum atomic E-state index is 14.1. The van der Waals surface area contributed by atoms with Crippen molar-refractivity contribution in [3.05, 3.63) is 71.3 Å². The van der Waals surface area contributed by atoms with Gasteiger partial charge in [0, 0.05) is 24.3 Å². The summed E-state index contributed by atoms with van der Waals surface area (Å²) in [6, 6.07) is 12.1. The number of nitrogens with one attached hydrogen (secondary N) is 1. The summed E-state index contributed by atoms with van der Waals surface area (Å²) in [5.41, 5.74) is 0.792. The topological polar surface area (TPSA) is 32.3 Å². The molecule has 0 aromatic heterocycles. The first-order chi connectivity index (χ1) is 10.1. The zero-order valence-corrected chi connectivity index (χ0v) is 11.9. The molecule has 2 nitrogen and oxygen atoms in total. The lowest BCUT2D eigenvalue weighted by Gasteiger charge is -2.22. The second-order valence-electron chi connectivity index (χ2n) is 5.17. The standard InChI is InChI=1S/C17H19F2NO/c1-12(11-21)10-20-17(13-6-2-4-8-15(13)18)14-7-3-5-9-16(14)19/h2-9,12,17,20-21H,10-11H2,1H3. The molecule has 0 bridgehead atoms. The second-order valence-corrected chi connectivity index (χ2v) is 5.17. The van der Waals surface area contributed by atoms with Crippen LogP contribution in [0.1, 0.15) is 24.1 Å². The highest BCUT2D eigenvalue weighted by molar-refractivity contribution is 5.33. The van der Waals surface area contributed by atoms with E-state index >= 15 is 0 Å². The third-order valence-corrected chi connectivity index (χ3v) is 3.41. The number of aliphatic hydroxyl groups is 1. The summed E-state index contributed by atoms with van der Waals surface area (Å²) in [6.45, 7) is 2.35. The van der Waals surface area contributed by atoms with Gasteiger partial charge in [0.2, 0.25) is 0 Å². The second kappa shape index (κ2) is 7.29. The Labute approximate surface area is 123 Å². The predicted molar refractivity (Wildman–Crippen MR) is 78.9 cm³/mol. The smallest absolute Gasteiger partial charge is 0.128 e. The summed E-state index contributed by atoms with van der Waals surface area (Å²) in [4.78, 5) is 0. The van der Waals surface area contributed by atoms with Crippen molar-refractivity contribution in [2.45, 2.75) is 13.0 Å². The summed E-state index contributed by atoms with van der Waals surface area (Å²) in [5.74, 6) is -0.754. The number of hydrogen-bond donors (Lipinski definition) is 2. The van der Waals surface area contributed by atoms with Crippen LogP contribution >= 0.6 is 0 Å². The van der Waals surface area contributed by atoms with E-state index < -0.39 is 6.04 Å². The maximum Gasteiger partial charge on any atom is 0.128 e. The van der Waals surface area contributed by atoms with Crippen LogP contribution in [0.15, 0.2) is 48.5 Å². The van der Waals surface area contributed by atoms with Gasteiger partial charge in [-0.3, -0.25) is 0 Å². The van der Waals surface area contributed by atoms with Crippen LogP contribution in [0.4, 0.5) is 8.78 Å². The van der Waals surface area contributed by atoms with Crippen molar-refractivity contribution >= 4 is 0 Å². The number of rotatable bonds is 6. The Morgan fingerprint density at radius 1 is 0.952 bits per heavy atom. The molecule has 0 saturated carbocycles. The molecule has 0 saturated heterocycles. The molecular formula is C17H19F2NO. The van der Waals surface area contributed by atoms with Gasteiger partial charge in [-0.05, 0) is 18.1 Å². The molecule has 0 amide bonds. The number of hydrogen-bond acceptors (Lipinski definition) is 2. The van der Waals surface area contributed by atoms with E-state index in [1.165, 1.54) is 12.1 Å². The number of aliphatic hydroxyl groups excluding tert-OH is 1. The van der Waals surface area contributed by atoms with Crippen LogP contribution in [0.25, 0.3) is 0 Å². The van der Waals surface area contributed by atoms with Gasteiger partial charge in [-0.25, -0.2) is 8.78 Å². The zero-order valence-electron chi connectivity index (χ0n) is 11.9. The van der Waals surface area contributed by atoms with E-state index in [1.807, 2.05) is 6.92 Å². The van der Waals surface area contributed by atoms with Crippen LogP contribution in [0, 0.1) is 17.6 Å². The fraction of sp³-hybridized carbons (Fsp3) is 0.294. The van der Waals surface area contributed by atoms with Gasteiger partial charge in [-0.15, -0.1) is 0 Å². The molecule has 0 heterocycles. The minimum absolute atomic E-state index is 0.00560. The van der Waals surface area contributed by atoms with Crippen LogP contribution < -0.4 is 5.32 Å². The van der Waals surface area contributed by atoms with E-state index in [-0.39, 0.29) is 24.2 Å². The highest BCUT2D eigenvalue weighted by Gasteiger charge is 2.20. The van der Waals surface area contributed by atoms with Crippen LogP contribution in [0.2, 0.25) is 0 Å². The van der Waals surface area contributed by atoms with Crippen LogP contribution in [0.5, 0.6) is 0 Å². The average Bonchev–Trinajstić information content (AvgIpc) is 2.50. The summed E-state index contributed by atoms with van der Waals surface area (Å²) in [6.07, 6.45) is 0. The Balaban J connectivity index is 2.35. The van der Waals surface area contributed by atoms with Crippen molar-refractivity contribution in [1.29, 1.82) is 0 Å². The summed E-state index contributed by atoms with van der Waals surface area (Å²) < 4.78 is 28.1. The largest absolute Gasteiger partial charge is 0.396 e. The normalized spacial score (nSPS) is 12.6. The van der Waals surface area contributed by atoms with Gasteiger partial charge in [0.1, 0.15) is 11.6 Å². The third-order valence-electron chi connectivity index (χ3n) is 3.41. The van der Waals surface area contributed by atoms with E-state index in [4.69, 9.17) is 5.11 Å². The van der Waals surface area contributed by atoms with Crippen molar-refractivity contribution in [2.24, 2.45) is 5.92 Å². The van der Waals surface area contributed by atoms with Crippen molar-refractivity contribution in [1.82, 2.24) is 5.32 Å². The molecule has 0 aliphatic heterocycles. The lowest BCUT2D eigenvalue weighted by atomic mass is 9.97. The Hall–Kier alpha value is -1.78. The summed E-state index contributed by atoms with van der Waals surface area (Å²) >= 11 is 0. The van der Waals surface area contributed by atoms with Gasteiger partial charge in [0.25, 0.3) is 0 Å². The van der Waals surface area contributed by atoms with Crippen molar-refractivity contribution < 1.29 is 13.9 Å². The SMILES string of the molecule is CC(CO)CNC(c1ccccc1F)c1ccccc1F. The van der Waals surface area contributed by atoms with Crippen LogP contribution in [0.3, 0.4) is 0 Å². The van der Waals surface area contributed by atoms with Gasteiger partial charge < -0.3 is 10.4 Å². The fourth-order valence-corrected chi connectivity index (χ4v) is 2.19. The molecule has 0 aliphatic carbocycles. The minimum Gasteiger partial charge on any atom is -0.396 e. The highest BCUT2D eigenvalue weighted by atomic mass is 19.1. The molecule has 4 heteroatoms. The number of benzene rings is 2. The molecule has 0 spiro atoms. The van der Waals surface area contributed by atoms with Gasteiger partial charge in [0.05, 0.1) is 6.04 Å². The Morgan fingerprint density at radius 3 is 1.86 bits per heavy atom. The van der Waals surface area contributed by atoms with Crippen molar-refractivity contribution in [3.63, 3.8) is 0 Å². The van der Waals surface area contributed by atoms with Crippen molar-refractivity contribution in [3.8, 4) is 0 Å². The molecule has 0 aliphatic rings. The monoisotopic (exact) mass is 291 g/mol. The first kappa shape index (κ1) is 15.6. The first-order valence-corrected chi connectivity index (χ1v) is 6.96. The van der Waals surface area contributed by atoms with E-state index in [9.17, 15) is 8.78 Å². The van der Waals surface area contributed by atoms with Crippen LogP contribution in [-0.4, -0.2) is 18.3 Å². The average molecular weight is 291 g/mol. The molecule has 2 aromatic rings. The molecule has 21 heavy (non-hydrogen) atoms. The van der Waals surface area contributed by atoms with Crippen LogP contribution in [-0.2, 0) is 0 Å². The molecule has 2 rings (SSSR count). The Kier molecular flexibility index (Phi) is 5.42. The van der Waals surface area contributed by atoms with Gasteiger partial charge in [-0.1, -0.05) is 43.3 Å². The third kappa shape index (κ3) is 3.86. The molecule has 0 fully saturated rings. The zero-order chi connectivity index (χ0) is 15.2. The highest BCUT2D eigenvalue weighted by Crippen LogP contribution is 2.26. The molecule has 112 valence electrons. The lowest BCUT2D eigenvalue weighted by Crippen LogP contribution is -2.29. The summed E-state index contributed by atoms with van der Waals surface area (Å²) in [7, 11) is 0. The fourth-order valence-electron chi connectivity index (χ4n) is 2.19. The number of halogens is 2. The molecule has 1 unspecified atom stereocenters. The molecule has 2 N–H and O–H groups in total. The Morgan fingerprint density at radius 2 is 1.43 bits per heavy atom. The van der Waals surface area contributed by atoms with Gasteiger partial charge in [0.15, 0.2) is 0 Å². The quantitative estimate of drug-likeness (QED) is 0.856. The molecule has 2 aromatic carbocycles. The van der Waals surface area contributed by atoms with Crippen molar-refractivity contribution in [2.75, 3.05) is 13.2 Å². The first-order valence-electron chi connectivity index (χ1n) is 6.96. The molecule has 0 radical (unpaired) electrons. The van der Waals surface area contributed by atoms with E-state index in [1.54, 1.807) is 36.4 Å². The van der Waals surface area contributed by atoms with E-state index in [0.717, 1.165) is 0 Å². The van der Waals surface area contributed by atoms with Gasteiger partial charge >= 0.3 is 0 Å². The van der Waals surface area contributed by atoms with Gasteiger partial charge in [-0.2, -0.15) is 0 Å². The summed E-state index contributed by atoms with van der Waals surface area (Å²) in [5, 5.41) is 12.3.